The summed E-state index contributed by atoms with van der Waals surface area (Å²) in [5.74, 6) is -0.712. The van der Waals surface area contributed by atoms with Gasteiger partial charge in [-0.05, 0) is 20.4 Å². The van der Waals surface area contributed by atoms with Crippen LogP contribution in [0.1, 0.15) is 13.3 Å². The van der Waals surface area contributed by atoms with Crippen molar-refractivity contribution in [3.8, 4) is 0 Å². The van der Waals surface area contributed by atoms with Crippen LogP contribution in [0.15, 0.2) is 0 Å². The molecule has 0 radical (unpaired) electrons. The largest absolute Gasteiger partial charge is 0.480 e. The molecule has 1 fully saturated rings. The highest BCUT2D eigenvalue weighted by Crippen LogP contribution is 2.27. The molecule has 1 aliphatic heterocycles. The maximum Gasteiger partial charge on any atom is 0.323 e. The molecule has 1 heterocycles. The third kappa shape index (κ3) is 1.11. The van der Waals surface area contributed by atoms with Gasteiger partial charge in [-0.25, -0.2) is 0 Å². The van der Waals surface area contributed by atoms with Gasteiger partial charge in [0.05, 0.1) is 0 Å². The smallest absolute Gasteiger partial charge is 0.323 e. The average molecular weight is 166 g/mol. The van der Waals surface area contributed by atoms with Gasteiger partial charge in [0.2, 0.25) is 0 Å². The van der Waals surface area contributed by atoms with Gasteiger partial charge < -0.3 is 5.11 Å². The summed E-state index contributed by atoms with van der Waals surface area (Å²) in [6.45, 7) is 2.65. The number of likely N-dealkylation sites (tertiary alicyclic amines) is 1. The Morgan fingerprint density at radius 3 is 2.20 bits per heavy atom. The van der Waals surface area contributed by atoms with E-state index >= 15 is 0 Å². The number of hydrogen-bond acceptors (Lipinski definition) is 2. The molecular weight excluding hydrogens is 154 g/mol. The zero-order chi connectivity index (χ0) is 7.07. The fourth-order valence-corrected chi connectivity index (χ4v) is 0.941. The number of nitrogens with zero attached hydrogens (tertiary/aromatic N) is 1. The number of carbonyl (C=O) groups is 1. The van der Waals surface area contributed by atoms with Gasteiger partial charge in [0.1, 0.15) is 5.54 Å². The molecule has 0 aromatic carbocycles. The number of carboxylic acid groups (broad SMARTS) is 1. The number of likely N-dealkylation sites (N-methyl/N-ethyl adjacent to an activating group) is 1. The van der Waals surface area contributed by atoms with Crippen LogP contribution in [0.2, 0.25) is 0 Å². The van der Waals surface area contributed by atoms with Gasteiger partial charge in [-0.2, -0.15) is 0 Å². The van der Waals surface area contributed by atoms with Crippen molar-refractivity contribution in [3.63, 3.8) is 0 Å². The van der Waals surface area contributed by atoms with Crippen LogP contribution < -0.4 is 0 Å². The summed E-state index contributed by atoms with van der Waals surface area (Å²) < 4.78 is 0. The topological polar surface area (TPSA) is 40.5 Å². The molecule has 0 aromatic heterocycles. The van der Waals surface area contributed by atoms with Crippen molar-refractivity contribution in [3.05, 3.63) is 0 Å². The molecule has 0 aromatic rings. The fraction of sp³-hybridized carbons (Fsp3) is 0.833. The molecule has 0 spiro atoms. The third-order valence-corrected chi connectivity index (χ3v) is 2.24. The monoisotopic (exact) mass is 165 g/mol. The summed E-state index contributed by atoms with van der Waals surface area (Å²) in [6.07, 6.45) is 0.777. The van der Waals surface area contributed by atoms with Crippen molar-refractivity contribution in [1.82, 2.24) is 4.90 Å². The zero-order valence-electron chi connectivity index (χ0n) is 6.13. The minimum Gasteiger partial charge on any atom is -0.480 e. The molecule has 0 bridgehead atoms. The Kier molecular flexibility index (Phi) is 2.68. The van der Waals surface area contributed by atoms with E-state index < -0.39 is 11.5 Å². The lowest BCUT2D eigenvalue weighted by atomic mass is 9.88. The summed E-state index contributed by atoms with van der Waals surface area (Å²) in [4.78, 5) is 12.3. The van der Waals surface area contributed by atoms with E-state index in [1.165, 1.54) is 0 Å². The molecule has 1 atom stereocenters. The number of hydrogen-bond donors (Lipinski definition) is 1. The molecule has 1 rings (SSSR count). The van der Waals surface area contributed by atoms with E-state index in [4.69, 9.17) is 5.11 Å². The van der Waals surface area contributed by atoms with Crippen LogP contribution in [0.4, 0.5) is 0 Å². The second kappa shape index (κ2) is 2.76. The van der Waals surface area contributed by atoms with E-state index in [9.17, 15) is 4.79 Å². The maximum absolute atomic E-state index is 10.5. The maximum atomic E-state index is 10.5. The molecule has 60 valence electrons. The molecule has 1 N–H and O–H groups in total. The predicted octanol–water partition coefficient (Wildman–Crippen LogP) is 0.587. The van der Waals surface area contributed by atoms with Crippen molar-refractivity contribution >= 4 is 18.4 Å². The van der Waals surface area contributed by atoms with E-state index in [0.29, 0.717) is 0 Å². The first-order valence-corrected chi connectivity index (χ1v) is 3.02. The van der Waals surface area contributed by atoms with Gasteiger partial charge in [-0.15, -0.1) is 12.4 Å². The van der Waals surface area contributed by atoms with E-state index in [2.05, 4.69) is 0 Å². The van der Waals surface area contributed by atoms with Crippen molar-refractivity contribution in [2.24, 2.45) is 0 Å². The second-order valence-electron chi connectivity index (χ2n) is 2.75. The number of rotatable bonds is 1. The van der Waals surface area contributed by atoms with Gasteiger partial charge in [-0.1, -0.05) is 0 Å². The summed E-state index contributed by atoms with van der Waals surface area (Å²) in [5, 5.41) is 8.62. The first-order chi connectivity index (χ1) is 4.07. The summed E-state index contributed by atoms with van der Waals surface area (Å²) in [6, 6.07) is 0. The quantitative estimate of drug-likeness (QED) is 0.618. The fourth-order valence-electron chi connectivity index (χ4n) is 0.941. The molecule has 1 saturated heterocycles. The molecule has 3 nitrogen and oxygen atoms in total. The summed E-state index contributed by atoms with van der Waals surface area (Å²) >= 11 is 0. The molecular formula is C6H12ClNO2. The van der Waals surface area contributed by atoms with Crippen LogP contribution in [-0.2, 0) is 4.79 Å². The highest BCUT2D eigenvalue weighted by Gasteiger charge is 2.44. The Bertz CT molecular complexity index is 151. The Morgan fingerprint density at radius 2 is 2.20 bits per heavy atom. The van der Waals surface area contributed by atoms with E-state index in [0.717, 1.165) is 13.0 Å². The van der Waals surface area contributed by atoms with Crippen molar-refractivity contribution in [2.75, 3.05) is 13.6 Å². The molecule has 1 aliphatic rings. The van der Waals surface area contributed by atoms with Gasteiger partial charge in [-0.3, -0.25) is 9.69 Å². The normalized spacial score (nSPS) is 32.2. The van der Waals surface area contributed by atoms with Gasteiger partial charge in [0, 0.05) is 6.54 Å². The molecule has 10 heavy (non-hydrogen) atoms. The standard InChI is InChI=1S/C6H11NO2.ClH/c1-6(5(8)9)3-4-7(6)2;/h3-4H2,1-2H3,(H,8,9);1H/t6-;/m1./s1. The lowest BCUT2D eigenvalue weighted by Crippen LogP contribution is -2.60. The summed E-state index contributed by atoms with van der Waals surface area (Å²) in [5.41, 5.74) is -0.569. The van der Waals surface area contributed by atoms with Gasteiger partial charge in [0.25, 0.3) is 0 Å². The zero-order valence-corrected chi connectivity index (χ0v) is 6.94. The van der Waals surface area contributed by atoms with Crippen molar-refractivity contribution in [1.29, 1.82) is 0 Å². The molecule has 4 heteroatoms. The number of halogens is 1. The van der Waals surface area contributed by atoms with Crippen molar-refractivity contribution in [2.45, 2.75) is 18.9 Å². The Hall–Kier alpha value is -0.280. The van der Waals surface area contributed by atoms with E-state index in [-0.39, 0.29) is 12.4 Å². The van der Waals surface area contributed by atoms with E-state index in [1.54, 1.807) is 6.92 Å². The summed E-state index contributed by atoms with van der Waals surface area (Å²) in [7, 11) is 1.83. The lowest BCUT2D eigenvalue weighted by Gasteiger charge is -2.44. The Balaban J connectivity index is 0.000000810. The van der Waals surface area contributed by atoms with Gasteiger partial charge in [0.15, 0.2) is 0 Å². The minimum absolute atomic E-state index is 0. The Morgan fingerprint density at radius 1 is 1.70 bits per heavy atom. The first kappa shape index (κ1) is 9.72. The second-order valence-corrected chi connectivity index (χ2v) is 2.75. The third-order valence-electron chi connectivity index (χ3n) is 2.24. The molecule has 0 amide bonds. The molecule has 0 saturated carbocycles. The lowest BCUT2D eigenvalue weighted by molar-refractivity contribution is -0.157. The molecule has 0 unspecified atom stereocenters. The van der Waals surface area contributed by atoms with Crippen molar-refractivity contribution < 1.29 is 9.90 Å². The van der Waals surface area contributed by atoms with E-state index in [1.807, 2.05) is 11.9 Å². The highest BCUT2D eigenvalue weighted by atomic mass is 35.5. The average Bonchev–Trinajstić information content (AvgIpc) is 1.82. The van der Waals surface area contributed by atoms with Crippen LogP contribution in [0.3, 0.4) is 0 Å². The number of carboxylic acids is 1. The van der Waals surface area contributed by atoms with Crippen LogP contribution in [0.25, 0.3) is 0 Å². The van der Waals surface area contributed by atoms with Crippen LogP contribution in [0.5, 0.6) is 0 Å². The van der Waals surface area contributed by atoms with Crippen LogP contribution >= 0.6 is 12.4 Å². The number of aliphatic carboxylic acids is 1. The SMILES string of the molecule is CN1CC[C@]1(C)C(=O)O.Cl. The van der Waals surface area contributed by atoms with Gasteiger partial charge >= 0.3 is 5.97 Å². The minimum atomic E-state index is -0.712. The van der Waals surface area contributed by atoms with Crippen LogP contribution in [-0.4, -0.2) is 35.1 Å². The Labute approximate surface area is 66.4 Å². The molecule has 0 aliphatic carbocycles. The highest BCUT2D eigenvalue weighted by molar-refractivity contribution is 5.85. The first-order valence-electron chi connectivity index (χ1n) is 3.02. The van der Waals surface area contributed by atoms with Crippen LogP contribution in [0, 0.1) is 0 Å². The predicted molar refractivity (Wildman–Crippen MR) is 40.5 cm³/mol.